The van der Waals surface area contributed by atoms with Gasteiger partial charge < -0.3 is 9.84 Å². The van der Waals surface area contributed by atoms with E-state index in [9.17, 15) is 4.79 Å². The number of aliphatic carboxylic acids is 1. The van der Waals surface area contributed by atoms with Gasteiger partial charge in [0.05, 0.1) is 6.42 Å². The van der Waals surface area contributed by atoms with Crippen LogP contribution in [0.1, 0.15) is 18.9 Å². The molecule has 1 aromatic rings. The van der Waals surface area contributed by atoms with Crippen LogP contribution in [0.25, 0.3) is 0 Å². The zero-order valence-electron chi connectivity index (χ0n) is 8.66. The second-order valence-corrected chi connectivity index (χ2v) is 4.29. The number of carboxylic acids is 1. The van der Waals surface area contributed by atoms with Gasteiger partial charge in [-0.25, -0.2) is 0 Å². The molecule has 0 fully saturated rings. The third-order valence-corrected chi connectivity index (χ3v) is 2.82. The van der Waals surface area contributed by atoms with Gasteiger partial charge in [0, 0.05) is 4.47 Å². The number of carbonyl (C=O) groups is 1. The van der Waals surface area contributed by atoms with Crippen LogP contribution in [-0.2, 0) is 4.79 Å². The van der Waals surface area contributed by atoms with Crippen molar-refractivity contribution >= 4 is 21.9 Å². The van der Waals surface area contributed by atoms with Crippen LogP contribution in [0, 0.1) is 6.92 Å². The van der Waals surface area contributed by atoms with Crippen molar-refractivity contribution in [2.24, 2.45) is 0 Å². The normalized spacial score (nSPS) is 12.2. The van der Waals surface area contributed by atoms with Gasteiger partial charge in [-0.3, -0.25) is 4.79 Å². The molecule has 1 aromatic carbocycles. The third kappa shape index (κ3) is 3.91. The first-order valence-electron chi connectivity index (χ1n) is 4.63. The molecule has 1 N–H and O–H groups in total. The molecule has 82 valence electrons. The fourth-order valence-electron chi connectivity index (χ4n) is 1.21. The second kappa shape index (κ2) is 5.16. The molecule has 0 radical (unpaired) electrons. The molecule has 0 saturated carbocycles. The highest BCUT2D eigenvalue weighted by Gasteiger charge is 2.09. The highest BCUT2D eigenvalue weighted by Crippen LogP contribution is 2.22. The molecule has 0 spiro atoms. The van der Waals surface area contributed by atoms with Crippen LogP contribution in [-0.4, -0.2) is 17.2 Å². The first kappa shape index (κ1) is 12.0. The van der Waals surface area contributed by atoms with Crippen LogP contribution in [0.2, 0.25) is 0 Å². The van der Waals surface area contributed by atoms with E-state index in [1.54, 1.807) is 6.92 Å². The second-order valence-electron chi connectivity index (χ2n) is 3.44. The molecule has 1 atom stereocenters. The maximum Gasteiger partial charge on any atom is 0.307 e. The van der Waals surface area contributed by atoms with Crippen LogP contribution in [0.15, 0.2) is 22.7 Å². The Bertz CT molecular complexity index is 363. The van der Waals surface area contributed by atoms with Crippen LogP contribution in [0.5, 0.6) is 5.75 Å². The van der Waals surface area contributed by atoms with Crippen LogP contribution < -0.4 is 4.74 Å². The van der Waals surface area contributed by atoms with Crippen molar-refractivity contribution in [1.29, 1.82) is 0 Å². The molecule has 0 aliphatic rings. The molecule has 15 heavy (non-hydrogen) atoms. The topological polar surface area (TPSA) is 46.5 Å². The van der Waals surface area contributed by atoms with Crippen molar-refractivity contribution in [2.45, 2.75) is 26.4 Å². The summed E-state index contributed by atoms with van der Waals surface area (Å²) in [5, 5.41) is 8.57. The molecule has 0 aromatic heterocycles. The molecule has 0 unspecified atom stereocenters. The number of halogens is 1. The van der Waals surface area contributed by atoms with E-state index in [0.717, 1.165) is 10.0 Å². The Morgan fingerprint density at radius 1 is 1.60 bits per heavy atom. The molecule has 0 heterocycles. The highest BCUT2D eigenvalue weighted by atomic mass is 79.9. The molecule has 0 saturated heterocycles. The number of aryl methyl sites for hydroxylation is 1. The van der Waals surface area contributed by atoms with Gasteiger partial charge in [-0.1, -0.05) is 15.9 Å². The van der Waals surface area contributed by atoms with Gasteiger partial charge in [-0.05, 0) is 37.6 Å². The molecule has 0 amide bonds. The summed E-state index contributed by atoms with van der Waals surface area (Å²) in [6.07, 6.45) is -0.308. The fourth-order valence-corrected chi connectivity index (χ4v) is 1.46. The summed E-state index contributed by atoms with van der Waals surface area (Å²) in [4.78, 5) is 10.4. The summed E-state index contributed by atoms with van der Waals surface area (Å²) in [7, 11) is 0. The Morgan fingerprint density at radius 3 is 2.80 bits per heavy atom. The number of hydrogen-bond donors (Lipinski definition) is 1. The summed E-state index contributed by atoms with van der Waals surface area (Å²) in [5.41, 5.74) is 1.06. The van der Waals surface area contributed by atoms with Gasteiger partial charge in [0.2, 0.25) is 0 Å². The van der Waals surface area contributed by atoms with Crippen LogP contribution >= 0.6 is 15.9 Å². The fraction of sp³-hybridized carbons (Fsp3) is 0.364. The van der Waals surface area contributed by atoms with E-state index in [-0.39, 0.29) is 12.5 Å². The Hall–Kier alpha value is -1.03. The molecule has 0 bridgehead atoms. The minimum absolute atomic E-state index is 0.00904. The van der Waals surface area contributed by atoms with Crippen molar-refractivity contribution in [2.75, 3.05) is 0 Å². The number of benzene rings is 1. The number of hydrogen-bond acceptors (Lipinski definition) is 2. The monoisotopic (exact) mass is 272 g/mol. The molecule has 0 aliphatic heterocycles. The number of carboxylic acid groups (broad SMARTS) is 1. The van der Waals surface area contributed by atoms with Gasteiger partial charge in [0.15, 0.2) is 0 Å². The maximum atomic E-state index is 10.4. The van der Waals surface area contributed by atoms with Gasteiger partial charge in [0.25, 0.3) is 0 Å². The van der Waals surface area contributed by atoms with Crippen molar-refractivity contribution in [3.05, 3.63) is 28.2 Å². The first-order valence-corrected chi connectivity index (χ1v) is 5.43. The minimum atomic E-state index is -0.851. The van der Waals surface area contributed by atoms with E-state index in [1.165, 1.54) is 0 Å². The number of ether oxygens (including phenoxy) is 1. The number of rotatable bonds is 4. The maximum absolute atomic E-state index is 10.4. The Balaban J connectivity index is 2.64. The lowest BCUT2D eigenvalue weighted by Crippen LogP contribution is -2.16. The van der Waals surface area contributed by atoms with E-state index in [1.807, 2.05) is 25.1 Å². The van der Waals surface area contributed by atoms with E-state index in [4.69, 9.17) is 9.84 Å². The van der Waals surface area contributed by atoms with Gasteiger partial charge in [-0.2, -0.15) is 0 Å². The molecular formula is C11H13BrO3. The molecular weight excluding hydrogens is 260 g/mol. The summed E-state index contributed by atoms with van der Waals surface area (Å²) in [6, 6.07) is 5.58. The predicted octanol–water partition coefficient (Wildman–Crippen LogP) is 3.00. The van der Waals surface area contributed by atoms with Crippen molar-refractivity contribution in [1.82, 2.24) is 0 Å². The van der Waals surface area contributed by atoms with E-state index < -0.39 is 5.97 Å². The SMILES string of the molecule is Cc1cc(O[C@@H](C)CC(=O)O)ccc1Br. The minimum Gasteiger partial charge on any atom is -0.490 e. The standard InChI is InChI=1S/C11H13BrO3/c1-7-5-9(3-4-10(7)12)15-8(2)6-11(13)14/h3-5,8H,6H2,1-2H3,(H,13,14)/t8-/m0/s1. The third-order valence-electron chi connectivity index (χ3n) is 1.93. The largest absolute Gasteiger partial charge is 0.490 e. The van der Waals surface area contributed by atoms with Crippen molar-refractivity contribution < 1.29 is 14.6 Å². The van der Waals surface area contributed by atoms with E-state index in [2.05, 4.69) is 15.9 Å². The van der Waals surface area contributed by atoms with Gasteiger partial charge in [-0.15, -0.1) is 0 Å². The lowest BCUT2D eigenvalue weighted by Gasteiger charge is -2.13. The highest BCUT2D eigenvalue weighted by molar-refractivity contribution is 9.10. The van der Waals surface area contributed by atoms with Gasteiger partial charge in [0.1, 0.15) is 11.9 Å². The smallest absolute Gasteiger partial charge is 0.307 e. The zero-order valence-corrected chi connectivity index (χ0v) is 10.2. The average molecular weight is 273 g/mol. The summed E-state index contributed by atoms with van der Waals surface area (Å²) < 4.78 is 6.47. The van der Waals surface area contributed by atoms with Crippen LogP contribution in [0.3, 0.4) is 0 Å². The Kier molecular flexibility index (Phi) is 4.15. The average Bonchev–Trinajstić information content (AvgIpc) is 2.10. The van der Waals surface area contributed by atoms with Gasteiger partial charge >= 0.3 is 5.97 Å². The Morgan fingerprint density at radius 2 is 2.27 bits per heavy atom. The first-order chi connectivity index (χ1) is 6.99. The van der Waals surface area contributed by atoms with E-state index >= 15 is 0 Å². The van der Waals surface area contributed by atoms with Crippen LogP contribution in [0.4, 0.5) is 0 Å². The lowest BCUT2D eigenvalue weighted by molar-refractivity contribution is -0.138. The van der Waals surface area contributed by atoms with E-state index in [0.29, 0.717) is 5.75 Å². The van der Waals surface area contributed by atoms with Crippen molar-refractivity contribution in [3.8, 4) is 5.75 Å². The quantitative estimate of drug-likeness (QED) is 0.917. The molecule has 4 heteroatoms. The Labute approximate surface area is 97.2 Å². The zero-order chi connectivity index (χ0) is 11.4. The summed E-state index contributed by atoms with van der Waals surface area (Å²) in [6.45, 7) is 3.70. The predicted molar refractivity (Wildman–Crippen MR) is 61.2 cm³/mol. The molecule has 1 rings (SSSR count). The molecule has 3 nitrogen and oxygen atoms in total. The van der Waals surface area contributed by atoms with Crippen molar-refractivity contribution in [3.63, 3.8) is 0 Å². The summed E-state index contributed by atoms with van der Waals surface area (Å²) in [5.74, 6) is -0.152. The lowest BCUT2D eigenvalue weighted by atomic mass is 10.2. The summed E-state index contributed by atoms with van der Waals surface area (Å²) >= 11 is 3.39. The molecule has 0 aliphatic carbocycles.